The molecule has 0 unspecified atom stereocenters. The first-order valence-electron chi connectivity index (χ1n) is 8.83. The van der Waals surface area contributed by atoms with Gasteiger partial charge in [-0.1, -0.05) is 0 Å². The number of amides is 1. The van der Waals surface area contributed by atoms with E-state index in [0.717, 1.165) is 42.4 Å². The lowest BCUT2D eigenvalue weighted by Crippen LogP contribution is -2.33. The summed E-state index contributed by atoms with van der Waals surface area (Å²) >= 11 is 1.55. The highest BCUT2D eigenvalue weighted by Gasteiger charge is 2.37. The number of carbonyl (C=O) groups excluding carboxylic acids is 1. The molecular formula is C19H23N3O3S. The minimum Gasteiger partial charge on any atom is -0.493 e. The van der Waals surface area contributed by atoms with E-state index in [0.29, 0.717) is 29.8 Å². The molecule has 2 atom stereocenters. The molecule has 26 heavy (non-hydrogen) atoms. The van der Waals surface area contributed by atoms with Crippen molar-refractivity contribution >= 4 is 17.2 Å². The van der Waals surface area contributed by atoms with E-state index < -0.39 is 0 Å². The molecule has 6 nitrogen and oxygen atoms in total. The Kier molecular flexibility index (Phi) is 4.82. The number of nitrogens with one attached hydrogen (secondary N) is 1. The van der Waals surface area contributed by atoms with Crippen molar-refractivity contribution in [2.24, 2.45) is 11.8 Å². The number of hydrogen-bond donors (Lipinski definition) is 1. The van der Waals surface area contributed by atoms with Crippen molar-refractivity contribution in [3.63, 3.8) is 0 Å². The lowest BCUT2D eigenvalue weighted by atomic mass is 10.0. The van der Waals surface area contributed by atoms with E-state index in [2.05, 4.69) is 10.3 Å². The van der Waals surface area contributed by atoms with Crippen molar-refractivity contribution in [2.75, 3.05) is 40.4 Å². The Morgan fingerprint density at radius 1 is 1.23 bits per heavy atom. The number of nitrogens with zero attached hydrogens (tertiary/aromatic N) is 2. The summed E-state index contributed by atoms with van der Waals surface area (Å²) in [6.07, 6.45) is 0.372. The largest absolute Gasteiger partial charge is 0.493 e. The number of rotatable bonds is 5. The molecule has 0 saturated carbocycles. The summed E-state index contributed by atoms with van der Waals surface area (Å²) in [6, 6.07) is 5.75. The fraction of sp³-hybridized carbons (Fsp3) is 0.474. The first-order valence-corrected chi connectivity index (χ1v) is 9.71. The van der Waals surface area contributed by atoms with Crippen molar-refractivity contribution in [2.45, 2.75) is 6.42 Å². The van der Waals surface area contributed by atoms with Crippen LogP contribution in [0.15, 0.2) is 23.6 Å². The molecule has 0 aliphatic carbocycles. The third kappa shape index (κ3) is 3.29. The summed E-state index contributed by atoms with van der Waals surface area (Å²) in [5, 5.41) is 6.26. The molecule has 0 spiro atoms. The van der Waals surface area contributed by atoms with Gasteiger partial charge in [0.1, 0.15) is 5.01 Å². The molecule has 2 saturated heterocycles. The van der Waals surface area contributed by atoms with Gasteiger partial charge in [-0.3, -0.25) is 4.79 Å². The molecule has 7 heteroatoms. The second kappa shape index (κ2) is 7.25. The third-order valence-corrected chi connectivity index (χ3v) is 6.20. The summed E-state index contributed by atoms with van der Waals surface area (Å²) in [5.74, 6) is 2.80. The zero-order chi connectivity index (χ0) is 18.1. The number of carbonyl (C=O) groups is 1. The first-order chi connectivity index (χ1) is 12.7. The Labute approximate surface area is 157 Å². The molecule has 138 valence electrons. The Balaban J connectivity index is 1.44. The molecule has 2 fully saturated rings. The van der Waals surface area contributed by atoms with Gasteiger partial charge < -0.3 is 19.7 Å². The van der Waals surface area contributed by atoms with E-state index in [1.807, 2.05) is 28.5 Å². The second-order valence-corrected chi connectivity index (χ2v) is 7.73. The first kappa shape index (κ1) is 17.3. The topological polar surface area (TPSA) is 63.7 Å². The van der Waals surface area contributed by atoms with Crippen LogP contribution in [0, 0.1) is 11.8 Å². The molecule has 2 aromatic rings. The van der Waals surface area contributed by atoms with E-state index in [4.69, 9.17) is 9.47 Å². The monoisotopic (exact) mass is 373 g/mol. The van der Waals surface area contributed by atoms with E-state index in [9.17, 15) is 4.79 Å². The highest BCUT2D eigenvalue weighted by Crippen LogP contribution is 2.34. The Morgan fingerprint density at radius 2 is 1.96 bits per heavy atom. The quantitative estimate of drug-likeness (QED) is 0.869. The molecule has 2 aliphatic rings. The van der Waals surface area contributed by atoms with Crippen LogP contribution < -0.4 is 14.8 Å². The number of fused-ring (bicyclic) bond motifs is 1. The van der Waals surface area contributed by atoms with Crippen LogP contribution in [-0.2, 0) is 11.2 Å². The summed E-state index contributed by atoms with van der Waals surface area (Å²) in [4.78, 5) is 19.3. The van der Waals surface area contributed by atoms with Gasteiger partial charge in [0.05, 0.1) is 26.3 Å². The van der Waals surface area contributed by atoms with Gasteiger partial charge in [-0.15, -0.1) is 11.3 Å². The van der Waals surface area contributed by atoms with Gasteiger partial charge in [0.25, 0.3) is 0 Å². The zero-order valence-corrected chi connectivity index (χ0v) is 15.8. The standard InChI is InChI=1S/C19H23N3O3S/c1-24-16-4-3-12(5-17(16)25-2)19-21-15(11-26-19)6-18(23)22-9-13-7-20-8-14(13)10-22/h3-5,11,13-14,20H,6-10H2,1-2H3/t13-,14+. The number of ether oxygens (including phenoxy) is 2. The Morgan fingerprint density at radius 3 is 2.65 bits per heavy atom. The van der Waals surface area contributed by atoms with Crippen molar-refractivity contribution in [1.29, 1.82) is 0 Å². The number of thiazole rings is 1. The van der Waals surface area contributed by atoms with Crippen LogP contribution in [0.3, 0.4) is 0 Å². The van der Waals surface area contributed by atoms with Crippen LogP contribution in [0.1, 0.15) is 5.69 Å². The number of methoxy groups -OCH3 is 2. The van der Waals surface area contributed by atoms with Gasteiger partial charge in [-0.2, -0.15) is 0 Å². The minimum atomic E-state index is 0.184. The highest BCUT2D eigenvalue weighted by atomic mass is 32.1. The predicted molar refractivity (Wildman–Crippen MR) is 101 cm³/mol. The third-order valence-electron chi connectivity index (χ3n) is 5.26. The van der Waals surface area contributed by atoms with E-state index in [1.165, 1.54) is 0 Å². The van der Waals surface area contributed by atoms with E-state index >= 15 is 0 Å². The maximum Gasteiger partial charge on any atom is 0.228 e. The fourth-order valence-electron chi connectivity index (χ4n) is 3.82. The van der Waals surface area contributed by atoms with Crippen LogP contribution in [0.4, 0.5) is 0 Å². The van der Waals surface area contributed by atoms with Crippen molar-refractivity contribution < 1.29 is 14.3 Å². The Bertz CT molecular complexity index is 795. The molecule has 1 N–H and O–H groups in total. The zero-order valence-electron chi connectivity index (χ0n) is 15.0. The van der Waals surface area contributed by atoms with Crippen molar-refractivity contribution in [3.8, 4) is 22.1 Å². The van der Waals surface area contributed by atoms with E-state index in [-0.39, 0.29) is 5.91 Å². The van der Waals surface area contributed by atoms with Crippen molar-refractivity contribution in [1.82, 2.24) is 15.2 Å². The van der Waals surface area contributed by atoms with Crippen molar-refractivity contribution in [3.05, 3.63) is 29.3 Å². The normalized spacial score (nSPS) is 21.7. The lowest BCUT2D eigenvalue weighted by molar-refractivity contribution is -0.129. The maximum atomic E-state index is 12.6. The number of benzene rings is 1. The number of hydrogen-bond acceptors (Lipinski definition) is 6. The molecule has 0 radical (unpaired) electrons. The van der Waals surface area contributed by atoms with Gasteiger partial charge in [0, 0.05) is 37.1 Å². The van der Waals surface area contributed by atoms with Crippen LogP contribution in [0.25, 0.3) is 10.6 Å². The Hall–Kier alpha value is -2.12. The number of aromatic nitrogens is 1. The minimum absolute atomic E-state index is 0.184. The molecule has 3 heterocycles. The van der Waals surface area contributed by atoms with Crippen LogP contribution in [-0.4, -0.2) is 56.2 Å². The summed E-state index contributed by atoms with van der Waals surface area (Å²) in [6.45, 7) is 3.83. The number of likely N-dealkylation sites (tertiary alicyclic amines) is 1. The van der Waals surface area contributed by atoms with Crippen LogP contribution in [0.2, 0.25) is 0 Å². The van der Waals surface area contributed by atoms with Gasteiger partial charge in [0.2, 0.25) is 5.91 Å². The molecule has 1 amide bonds. The second-order valence-electron chi connectivity index (χ2n) is 6.87. The lowest BCUT2D eigenvalue weighted by Gasteiger charge is -2.16. The summed E-state index contributed by atoms with van der Waals surface area (Å²) < 4.78 is 10.6. The molecule has 1 aromatic carbocycles. The van der Waals surface area contributed by atoms with Gasteiger partial charge in [-0.25, -0.2) is 4.98 Å². The van der Waals surface area contributed by atoms with Gasteiger partial charge >= 0.3 is 0 Å². The van der Waals surface area contributed by atoms with Gasteiger partial charge in [-0.05, 0) is 30.0 Å². The van der Waals surface area contributed by atoms with Crippen LogP contribution in [0.5, 0.6) is 11.5 Å². The molecular weight excluding hydrogens is 350 g/mol. The highest BCUT2D eigenvalue weighted by molar-refractivity contribution is 7.13. The molecule has 0 bridgehead atoms. The molecule has 4 rings (SSSR count). The predicted octanol–water partition coefficient (Wildman–Crippen LogP) is 2.05. The summed E-state index contributed by atoms with van der Waals surface area (Å²) in [7, 11) is 3.24. The van der Waals surface area contributed by atoms with Gasteiger partial charge in [0.15, 0.2) is 11.5 Å². The average molecular weight is 373 g/mol. The maximum absolute atomic E-state index is 12.6. The average Bonchev–Trinajstić information content (AvgIpc) is 3.36. The SMILES string of the molecule is COc1ccc(-c2nc(CC(=O)N3C[C@H]4CNC[C@H]4C3)cs2)cc1OC. The molecule has 2 aliphatic heterocycles. The van der Waals surface area contributed by atoms with E-state index in [1.54, 1.807) is 25.6 Å². The van der Waals surface area contributed by atoms with Crippen LogP contribution >= 0.6 is 11.3 Å². The smallest absolute Gasteiger partial charge is 0.228 e. The summed E-state index contributed by atoms with van der Waals surface area (Å²) in [5.41, 5.74) is 1.80. The fourth-order valence-corrected chi connectivity index (χ4v) is 4.63. The molecule has 1 aromatic heterocycles.